The Morgan fingerprint density at radius 2 is 1.66 bits per heavy atom. The van der Waals surface area contributed by atoms with Crippen molar-refractivity contribution in [3.8, 4) is 11.4 Å². The molecule has 5 rings (SSSR count). The second kappa shape index (κ2) is 7.69. The zero-order valence-corrected chi connectivity index (χ0v) is 16.5. The van der Waals surface area contributed by atoms with Crippen molar-refractivity contribution in [2.24, 2.45) is 0 Å². The highest BCUT2D eigenvalue weighted by Gasteiger charge is 2.18. The van der Waals surface area contributed by atoms with Gasteiger partial charge in [0.15, 0.2) is 11.5 Å². The van der Waals surface area contributed by atoms with Gasteiger partial charge in [-0.3, -0.25) is 9.36 Å². The number of anilines is 1. The van der Waals surface area contributed by atoms with E-state index in [0.717, 1.165) is 4.52 Å². The van der Waals surface area contributed by atoms with Crippen molar-refractivity contribution in [1.29, 1.82) is 0 Å². The van der Waals surface area contributed by atoms with Crippen LogP contribution in [-0.2, 0) is 11.3 Å². The molecule has 32 heavy (non-hydrogen) atoms. The van der Waals surface area contributed by atoms with Gasteiger partial charge >= 0.3 is 5.69 Å². The highest BCUT2D eigenvalue weighted by atomic mass is 19.1. The molecule has 9 heteroatoms. The number of nitrogens with zero attached hydrogens (tertiary/aromatic N) is 4. The van der Waals surface area contributed by atoms with E-state index in [0.29, 0.717) is 22.1 Å². The van der Waals surface area contributed by atoms with Crippen molar-refractivity contribution in [1.82, 2.24) is 19.2 Å². The molecule has 2 aromatic heterocycles. The average molecular weight is 431 g/mol. The SMILES string of the molecule is O=C(Cn1c(=O)n2nc(-c3ccc(F)cc3)nc2c2ccccc21)Nc1ccccc1F. The Balaban J connectivity index is 1.61. The predicted octanol–water partition coefficient (Wildman–Crippen LogP) is 3.63. The normalized spacial score (nSPS) is 11.2. The molecule has 0 bridgehead atoms. The molecular formula is C23H15F2N5O2. The average Bonchev–Trinajstić information content (AvgIpc) is 3.25. The first-order chi connectivity index (χ1) is 15.5. The third-order valence-electron chi connectivity index (χ3n) is 5.01. The van der Waals surface area contributed by atoms with E-state index in [1.54, 1.807) is 30.3 Å². The van der Waals surface area contributed by atoms with Crippen LogP contribution < -0.4 is 11.0 Å². The first kappa shape index (κ1) is 19.6. The van der Waals surface area contributed by atoms with E-state index in [2.05, 4.69) is 15.4 Å². The fourth-order valence-corrected chi connectivity index (χ4v) is 3.51. The van der Waals surface area contributed by atoms with Gasteiger partial charge in [-0.25, -0.2) is 18.6 Å². The number of hydrogen-bond donors (Lipinski definition) is 1. The molecule has 0 unspecified atom stereocenters. The number of benzene rings is 3. The minimum absolute atomic E-state index is 0.0234. The van der Waals surface area contributed by atoms with Gasteiger partial charge in [0, 0.05) is 10.9 Å². The maximum Gasteiger partial charge on any atom is 0.351 e. The number of aromatic nitrogens is 4. The standard InChI is InChI=1S/C23H15F2N5O2/c24-15-11-9-14(10-12-15)21-27-22-16-5-1-4-8-19(16)29(23(32)30(22)28-21)13-20(31)26-18-7-3-2-6-17(18)25/h1-12H,13H2,(H,26,31). The van der Waals surface area contributed by atoms with Crippen LogP contribution in [0.3, 0.4) is 0 Å². The van der Waals surface area contributed by atoms with E-state index in [-0.39, 0.29) is 18.1 Å². The number of para-hydroxylation sites is 2. The molecule has 1 N–H and O–H groups in total. The second-order valence-electron chi connectivity index (χ2n) is 7.09. The molecule has 0 aliphatic carbocycles. The second-order valence-corrected chi connectivity index (χ2v) is 7.09. The third kappa shape index (κ3) is 3.39. The highest BCUT2D eigenvalue weighted by Crippen LogP contribution is 2.21. The molecule has 0 saturated heterocycles. The summed E-state index contributed by atoms with van der Waals surface area (Å²) in [5.74, 6) is -1.29. The summed E-state index contributed by atoms with van der Waals surface area (Å²) in [5.41, 5.74) is 0.781. The molecular weight excluding hydrogens is 416 g/mol. The molecule has 0 spiro atoms. The van der Waals surface area contributed by atoms with Gasteiger partial charge < -0.3 is 5.32 Å². The molecule has 7 nitrogen and oxygen atoms in total. The fraction of sp³-hybridized carbons (Fsp3) is 0.0435. The summed E-state index contributed by atoms with van der Waals surface area (Å²) >= 11 is 0. The summed E-state index contributed by atoms with van der Waals surface area (Å²) in [6.45, 7) is -0.352. The summed E-state index contributed by atoms with van der Waals surface area (Å²) in [4.78, 5) is 30.3. The van der Waals surface area contributed by atoms with Crippen molar-refractivity contribution in [3.63, 3.8) is 0 Å². The van der Waals surface area contributed by atoms with Crippen LogP contribution in [-0.4, -0.2) is 25.1 Å². The number of carbonyl (C=O) groups is 1. The highest BCUT2D eigenvalue weighted by molar-refractivity contribution is 5.95. The van der Waals surface area contributed by atoms with Crippen LogP contribution >= 0.6 is 0 Å². The maximum absolute atomic E-state index is 13.9. The number of carbonyl (C=O) groups excluding carboxylic acids is 1. The monoisotopic (exact) mass is 431 g/mol. The summed E-state index contributed by atoms with van der Waals surface area (Å²) in [6, 6.07) is 18.4. The number of amides is 1. The molecule has 0 fully saturated rings. The Morgan fingerprint density at radius 1 is 0.938 bits per heavy atom. The van der Waals surface area contributed by atoms with Crippen molar-refractivity contribution in [2.75, 3.05) is 5.32 Å². The first-order valence-corrected chi connectivity index (χ1v) is 9.70. The van der Waals surface area contributed by atoms with Crippen molar-refractivity contribution in [2.45, 2.75) is 6.54 Å². The van der Waals surface area contributed by atoms with E-state index < -0.39 is 23.2 Å². The molecule has 1 amide bonds. The van der Waals surface area contributed by atoms with E-state index >= 15 is 0 Å². The molecule has 0 aliphatic rings. The molecule has 0 radical (unpaired) electrons. The van der Waals surface area contributed by atoms with Crippen LogP contribution in [0, 0.1) is 11.6 Å². The Kier molecular flexibility index (Phi) is 4.70. The number of halogens is 2. The predicted molar refractivity (Wildman–Crippen MR) is 115 cm³/mol. The van der Waals surface area contributed by atoms with Crippen LogP contribution in [0.5, 0.6) is 0 Å². The number of fused-ring (bicyclic) bond motifs is 3. The minimum atomic E-state index is -0.580. The Labute approximate surface area is 179 Å². The maximum atomic E-state index is 13.9. The number of rotatable bonds is 4. The quantitative estimate of drug-likeness (QED) is 0.471. The molecule has 5 aromatic rings. The van der Waals surface area contributed by atoms with E-state index in [4.69, 9.17) is 0 Å². The Morgan fingerprint density at radius 3 is 2.44 bits per heavy atom. The topological polar surface area (TPSA) is 81.3 Å². The van der Waals surface area contributed by atoms with E-state index in [9.17, 15) is 18.4 Å². The van der Waals surface area contributed by atoms with Crippen LogP contribution in [0.25, 0.3) is 27.9 Å². The molecule has 3 aromatic carbocycles. The van der Waals surface area contributed by atoms with Gasteiger partial charge in [0.25, 0.3) is 0 Å². The number of nitrogens with one attached hydrogen (secondary N) is 1. The summed E-state index contributed by atoms with van der Waals surface area (Å²) in [7, 11) is 0. The lowest BCUT2D eigenvalue weighted by Gasteiger charge is -2.11. The van der Waals surface area contributed by atoms with Gasteiger partial charge in [0.2, 0.25) is 5.91 Å². The van der Waals surface area contributed by atoms with Crippen LogP contribution in [0.15, 0.2) is 77.6 Å². The zero-order valence-electron chi connectivity index (χ0n) is 16.5. The summed E-state index contributed by atoms with van der Waals surface area (Å²) in [5, 5.41) is 7.37. The van der Waals surface area contributed by atoms with Gasteiger partial charge in [0.1, 0.15) is 18.2 Å². The Bertz CT molecular complexity index is 1540. The summed E-state index contributed by atoms with van der Waals surface area (Å²) in [6.07, 6.45) is 0. The zero-order chi connectivity index (χ0) is 22.2. The molecule has 0 aliphatic heterocycles. The van der Waals surface area contributed by atoms with Crippen LogP contribution in [0.4, 0.5) is 14.5 Å². The van der Waals surface area contributed by atoms with Crippen LogP contribution in [0.1, 0.15) is 0 Å². The third-order valence-corrected chi connectivity index (χ3v) is 5.01. The van der Waals surface area contributed by atoms with E-state index in [1.807, 2.05) is 0 Å². The van der Waals surface area contributed by atoms with Gasteiger partial charge in [0.05, 0.1) is 11.2 Å². The lowest BCUT2D eigenvalue weighted by molar-refractivity contribution is -0.116. The molecule has 0 saturated carbocycles. The first-order valence-electron chi connectivity index (χ1n) is 9.70. The van der Waals surface area contributed by atoms with Gasteiger partial charge in [-0.05, 0) is 48.5 Å². The van der Waals surface area contributed by atoms with Gasteiger partial charge in [-0.2, -0.15) is 4.52 Å². The lowest BCUT2D eigenvalue weighted by Crippen LogP contribution is -2.32. The van der Waals surface area contributed by atoms with Crippen LogP contribution in [0.2, 0.25) is 0 Å². The molecule has 158 valence electrons. The van der Waals surface area contributed by atoms with Crippen molar-refractivity contribution >= 4 is 28.1 Å². The lowest BCUT2D eigenvalue weighted by atomic mass is 10.2. The van der Waals surface area contributed by atoms with Gasteiger partial charge in [-0.15, -0.1) is 5.10 Å². The van der Waals surface area contributed by atoms with Gasteiger partial charge in [-0.1, -0.05) is 24.3 Å². The number of hydrogen-bond acceptors (Lipinski definition) is 4. The Hall–Kier alpha value is -4.40. The fourth-order valence-electron chi connectivity index (χ4n) is 3.51. The summed E-state index contributed by atoms with van der Waals surface area (Å²) < 4.78 is 29.5. The smallest absolute Gasteiger partial charge is 0.322 e. The van der Waals surface area contributed by atoms with Crippen molar-refractivity contribution in [3.05, 3.63) is 94.9 Å². The molecule has 0 atom stereocenters. The molecule has 2 heterocycles. The largest absolute Gasteiger partial charge is 0.351 e. The van der Waals surface area contributed by atoms with Crippen molar-refractivity contribution < 1.29 is 13.6 Å². The minimum Gasteiger partial charge on any atom is -0.322 e. The van der Waals surface area contributed by atoms with E-state index in [1.165, 1.54) is 47.0 Å².